The molecule has 0 saturated heterocycles. The first-order valence-electron chi connectivity index (χ1n) is 9.45. The average molecular weight is 429 g/mol. The number of rotatable bonds is 6. The number of hydrogen-bond acceptors (Lipinski definition) is 4. The zero-order valence-electron chi connectivity index (χ0n) is 17.0. The smallest absolute Gasteiger partial charge is 0.233 e. The molecule has 3 rings (SSSR count). The highest BCUT2D eigenvalue weighted by Crippen LogP contribution is 2.28. The van der Waals surface area contributed by atoms with Crippen LogP contribution in [-0.4, -0.2) is 31.5 Å². The predicted octanol–water partition coefficient (Wildman–Crippen LogP) is 5.04. The summed E-state index contributed by atoms with van der Waals surface area (Å²) in [6, 6.07) is 17.7. The van der Waals surface area contributed by atoms with Gasteiger partial charge in [0.05, 0.1) is 11.8 Å². The second-order valence-electron chi connectivity index (χ2n) is 7.88. The molecule has 3 aromatic rings. The second kappa shape index (κ2) is 9.01. The summed E-state index contributed by atoms with van der Waals surface area (Å²) in [6.45, 7) is 8.41. The molecule has 0 aliphatic heterocycles. The van der Waals surface area contributed by atoms with Gasteiger partial charge in [0.25, 0.3) is 0 Å². The molecule has 1 aromatic heterocycles. The Morgan fingerprint density at radius 1 is 1.10 bits per heavy atom. The molecule has 0 aliphatic carbocycles. The first-order valence-corrected chi connectivity index (χ1v) is 10.7. The van der Waals surface area contributed by atoms with Crippen LogP contribution in [0.3, 0.4) is 0 Å². The minimum Gasteiger partial charge on any atom is -0.351 e. The zero-order chi connectivity index (χ0) is 21.0. The van der Waals surface area contributed by atoms with Gasteiger partial charge in [-0.05, 0) is 57.5 Å². The molecule has 0 saturated carbocycles. The molecule has 7 heteroatoms. The third-order valence-electron chi connectivity index (χ3n) is 4.15. The van der Waals surface area contributed by atoms with Crippen molar-refractivity contribution in [1.82, 2.24) is 20.1 Å². The van der Waals surface area contributed by atoms with Gasteiger partial charge in [-0.2, -0.15) is 0 Å². The van der Waals surface area contributed by atoms with Gasteiger partial charge in [-0.25, -0.2) is 0 Å². The first-order chi connectivity index (χ1) is 13.7. The van der Waals surface area contributed by atoms with Gasteiger partial charge in [0.2, 0.25) is 5.91 Å². The van der Waals surface area contributed by atoms with Crippen LogP contribution in [-0.2, 0) is 11.3 Å². The van der Waals surface area contributed by atoms with Crippen molar-refractivity contribution in [1.29, 1.82) is 0 Å². The van der Waals surface area contributed by atoms with Crippen LogP contribution in [0.2, 0.25) is 5.02 Å². The summed E-state index contributed by atoms with van der Waals surface area (Å²) >= 11 is 7.45. The van der Waals surface area contributed by atoms with Crippen LogP contribution in [0.25, 0.3) is 11.4 Å². The maximum absolute atomic E-state index is 12.5. The number of thioether (sulfide) groups is 1. The van der Waals surface area contributed by atoms with Gasteiger partial charge in [0, 0.05) is 16.1 Å². The highest BCUT2D eigenvalue weighted by atomic mass is 35.5. The second-order valence-corrected chi connectivity index (χ2v) is 9.63. The van der Waals surface area contributed by atoms with E-state index in [9.17, 15) is 4.79 Å². The Kier molecular flexibility index (Phi) is 6.65. The lowest BCUT2D eigenvalue weighted by Crippen LogP contribution is -2.44. The molecule has 1 unspecified atom stereocenters. The molecule has 0 bridgehead atoms. The summed E-state index contributed by atoms with van der Waals surface area (Å²) in [5.41, 5.74) is 1.78. The van der Waals surface area contributed by atoms with Crippen LogP contribution in [0.1, 0.15) is 33.3 Å². The highest BCUT2D eigenvalue weighted by Gasteiger charge is 2.23. The molecule has 0 radical (unpaired) electrons. The van der Waals surface area contributed by atoms with Crippen LogP contribution in [0.5, 0.6) is 0 Å². The van der Waals surface area contributed by atoms with Crippen molar-refractivity contribution in [2.45, 2.75) is 50.2 Å². The Hall–Kier alpha value is -2.31. The van der Waals surface area contributed by atoms with Crippen molar-refractivity contribution in [3.8, 4) is 11.4 Å². The summed E-state index contributed by atoms with van der Waals surface area (Å²) in [5.74, 6) is 0.723. The zero-order valence-corrected chi connectivity index (χ0v) is 18.6. The average Bonchev–Trinajstić information content (AvgIpc) is 3.04. The van der Waals surface area contributed by atoms with Gasteiger partial charge >= 0.3 is 0 Å². The van der Waals surface area contributed by atoms with Crippen molar-refractivity contribution in [3.63, 3.8) is 0 Å². The van der Waals surface area contributed by atoms with E-state index in [-0.39, 0.29) is 16.7 Å². The molecule has 0 spiro atoms. The number of benzene rings is 2. The first kappa shape index (κ1) is 21.4. The largest absolute Gasteiger partial charge is 0.351 e. The lowest BCUT2D eigenvalue weighted by molar-refractivity contribution is -0.121. The molecule has 1 N–H and O–H groups in total. The van der Waals surface area contributed by atoms with E-state index in [1.807, 2.05) is 74.7 Å². The summed E-state index contributed by atoms with van der Waals surface area (Å²) in [5, 5.41) is 12.9. The number of halogens is 1. The van der Waals surface area contributed by atoms with Gasteiger partial charge < -0.3 is 5.32 Å². The minimum atomic E-state index is -0.300. The SMILES string of the molecule is CC(Sc1nnc(-c2ccc(Cl)cc2)n1Cc1ccccc1)C(=O)NC(C)(C)C. The molecule has 152 valence electrons. The van der Waals surface area contributed by atoms with Crippen molar-refractivity contribution in [2.75, 3.05) is 0 Å². The topological polar surface area (TPSA) is 59.8 Å². The van der Waals surface area contributed by atoms with Crippen molar-refractivity contribution in [2.24, 2.45) is 0 Å². The summed E-state index contributed by atoms with van der Waals surface area (Å²) in [6.07, 6.45) is 0. The van der Waals surface area contributed by atoms with E-state index >= 15 is 0 Å². The quantitative estimate of drug-likeness (QED) is 0.558. The van der Waals surface area contributed by atoms with E-state index in [1.54, 1.807) is 0 Å². The van der Waals surface area contributed by atoms with Crippen molar-refractivity contribution >= 4 is 29.3 Å². The number of nitrogens with zero attached hydrogens (tertiary/aromatic N) is 3. The lowest BCUT2D eigenvalue weighted by Gasteiger charge is -2.23. The van der Waals surface area contributed by atoms with E-state index in [0.717, 1.165) is 17.0 Å². The standard InChI is InChI=1S/C22H25ClN4OS/c1-15(20(28)24-22(2,3)4)29-21-26-25-19(17-10-12-18(23)13-11-17)27(21)14-16-8-6-5-7-9-16/h5-13,15H,14H2,1-4H3,(H,24,28). The lowest BCUT2D eigenvalue weighted by atomic mass is 10.1. The number of nitrogens with one attached hydrogen (secondary N) is 1. The van der Waals surface area contributed by atoms with Crippen LogP contribution < -0.4 is 5.32 Å². The molecular weight excluding hydrogens is 404 g/mol. The van der Waals surface area contributed by atoms with Gasteiger partial charge in [0.15, 0.2) is 11.0 Å². The predicted molar refractivity (Wildman–Crippen MR) is 119 cm³/mol. The van der Waals surface area contributed by atoms with Crippen LogP contribution in [0, 0.1) is 0 Å². The van der Waals surface area contributed by atoms with Crippen LogP contribution in [0.4, 0.5) is 0 Å². The molecule has 0 aliphatic rings. The van der Waals surface area contributed by atoms with Crippen LogP contribution >= 0.6 is 23.4 Å². The number of amides is 1. The van der Waals surface area contributed by atoms with E-state index in [4.69, 9.17) is 11.6 Å². The van der Waals surface area contributed by atoms with E-state index in [0.29, 0.717) is 16.7 Å². The maximum Gasteiger partial charge on any atom is 0.233 e. The maximum atomic E-state index is 12.5. The van der Waals surface area contributed by atoms with Crippen LogP contribution in [0.15, 0.2) is 59.8 Å². The monoisotopic (exact) mass is 428 g/mol. The van der Waals surface area contributed by atoms with Crippen molar-refractivity contribution < 1.29 is 4.79 Å². The third-order valence-corrected chi connectivity index (χ3v) is 5.48. The Labute approximate surface area is 180 Å². The van der Waals surface area contributed by atoms with Gasteiger partial charge in [-0.3, -0.25) is 9.36 Å². The molecule has 2 aromatic carbocycles. The normalized spacial score (nSPS) is 12.6. The molecule has 1 amide bonds. The molecular formula is C22H25ClN4OS. The fraction of sp³-hybridized carbons (Fsp3) is 0.318. The molecule has 29 heavy (non-hydrogen) atoms. The minimum absolute atomic E-state index is 0.0233. The number of aromatic nitrogens is 3. The Bertz CT molecular complexity index is 965. The summed E-state index contributed by atoms with van der Waals surface area (Å²) < 4.78 is 2.05. The van der Waals surface area contributed by atoms with Crippen molar-refractivity contribution in [3.05, 3.63) is 65.2 Å². The van der Waals surface area contributed by atoms with Gasteiger partial charge in [-0.1, -0.05) is 53.7 Å². The summed E-state index contributed by atoms with van der Waals surface area (Å²) in [7, 11) is 0. The van der Waals surface area contributed by atoms with E-state index in [2.05, 4.69) is 27.6 Å². The molecule has 0 fully saturated rings. The highest BCUT2D eigenvalue weighted by molar-refractivity contribution is 8.00. The number of hydrogen-bond donors (Lipinski definition) is 1. The van der Waals surface area contributed by atoms with E-state index in [1.165, 1.54) is 11.8 Å². The molecule has 1 heterocycles. The fourth-order valence-corrected chi connectivity index (χ4v) is 3.75. The Morgan fingerprint density at radius 3 is 2.38 bits per heavy atom. The fourth-order valence-electron chi connectivity index (χ4n) is 2.78. The van der Waals surface area contributed by atoms with E-state index < -0.39 is 0 Å². The number of carbonyl (C=O) groups excluding carboxylic acids is 1. The van der Waals surface area contributed by atoms with Gasteiger partial charge in [-0.15, -0.1) is 10.2 Å². The number of carbonyl (C=O) groups is 1. The summed E-state index contributed by atoms with van der Waals surface area (Å²) in [4.78, 5) is 12.5. The third kappa shape index (κ3) is 5.84. The Balaban J connectivity index is 1.92. The Morgan fingerprint density at radius 2 is 1.76 bits per heavy atom. The molecule has 5 nitrogen and oxygen atoms in total. The van der Waals surface area contributed by atoms with Gasteiger partial charge in [0.1, 0.15) is 0 Å². The molecule has 1 atom stereocenters.